The van der Waals surface area contributed by atoms with Gasteiger partial charge >= 0.3 is 0 Å². The average Bonchev–Trinajstić information content (AvgIpc) is 2.26. The normalized spacial score (nSPS) is 10.8. The van der Waals surface area contributed by atoms with Crippen molar-refractivity contribution in [3.05, 3.63) is 0 Å². The number of rotatable bonds is 12. The minimum absolute atomic E-state index is 0.744. The van der Waals surface area contributed by atoms with Gasteiger partial charge in [0.25, 0.3) is 0 Å². The molecule has 0 aromatic heterocycles. The van der Waals surface area contributed by atoms with Gasteiger partial charge in [-0.3, -0.25) is 0 Å². The standard InChI is InChI=1S/C12H27NO2/c1-3-9-14-11-12-15-10-7-5-4-6-8-13-2/h13H,3-12H2,1-2H3. The maximum atomic E-state index is 5.45. The molecule has 0 aromatic carbocycles. The van der Waals surface area contributed by atoms with Crippen molar-refractivity contribution in [3.8, 4) is 0 Å². The van der Waals surface area contributed by atoms with Gasteiger partial charge in [0.2, 0.25) is 0 Å². The SMILES string of the molecule is CCCOCCOCCCCCCNC. The van der Waals surface area contributed by atoms with E-state index in [1.807, 2.05) is 7.05 Å². The Labute approximate surface area is 94.5 Å². The van der Waals surface area contributed by atoms with E-state index in [9.17, 15) is 0 Å². The second-order valence-electron chi connectivity index (χ2n) is 3.74. The predicted molar refractivity (Wildman–Crippen MR) is 64.3 cm³/mol. The first-order chi connectivity index (χ1) is 7.41. The van der Waals surface area contributed by atoms with Gasteiger partial charge in [-0.1, -0.05) is 19.8 Å². The Bertz CT molecular complexity index is 97.8. The molecule has 0 aliphatic heterocycles. The summed E-state index contributed by atoms with van der Waals surface area (Å²) in [5.74, 6) is 0. The Kier molecular flexibility index (Phi) is 13.8. The van der Waals surface area contributed by atoms with Crippen LogP contribution in [0.25, 0.3) is 0 Å². The Morgan fingerprint density at radius 2 is 1.47 bits per heavy atom. The summed E-state index contributed by atoms with van der Waals surface area (Å²) in [5, 5.41) is 3.15. The molecule has 0 bridgehead atoms. The molecule has 0 atom stereocenters. The highest BCUT2D eigenvalue weighted by atomic mass is 16.5. The summed E-state index contributed by atoms with van der Waals surface area (Å²) in [5.41, 5.74) is 0. The monoisotopic (exact) mass is 217 g/mol. The zero-order valence-corrected chi connectivity index (χ0v) is 10.4. The quantitative estimate of drug-likeness (QED) is 0.508. The predicted octanol–water partition coefficient (Wildman–Crippen LogP) is 2.21. The molecule has 0 amide bonds. The second kappa shape index (κ2) is 13.9. The molecule has 0 saturated carbocycles. The molecule has 0 aliphatic carbocycles. The maximum Gasteiger partial charge on any atom is 0.0700 e. The summed E-state index contributed by atoms with van der Waals surface area (Å²) < 4.78 is 10.8. The van der Waals surface area contributed by atoms with E-state index in [1.54, 1.807) is 0 Å². The van der Waals surface area contributed by atoms with Gasteiger partial charge in [0.1, 0.15) is 0 Å². The highest BCUT2D eigenvalue weighted by molar-refractivity contribution is 4.45. The number of nitrogens with one attached hydrogen (secondary N) is 1. The van der Waals surface area contributed by atoms with Crippen LogP contribution in [0, 0.1) is 0 Å². The first-order valence-electron chi connectivity index (χ1n) is 6.22. The average molecular weight is 217 g/mol. The highest BCUT2D eigenvalue weighted by Gasteiger charge is 1.91. The van der Waals surface area contributed by atoms with Gasteiger partial charge in [-0.05, 0) is 32.9 Å². The van der Waals surface area contributed by atoms with Crippen molar-refractivity contribution in [1.82, 2.24) is 5.32 Å². The molecule has 1 N–H and O–H groups in total. The van der Waals surface area contributed by atoms with Crippen molar-refractivity contribution in [2.24, 2.45) is 0 Å². The summed E-state index contributed by atoms with van der Waals surface area (Å²) in [6.45, 7) is 6.48. The lowest BCUT2D eigenvalue weighted by Crippen LogP contribution is -2.07. The van der Waals surface area contributed by atoms with E-state index >= 15 is 0 Å². The summed E-state index contributed by atoms with van der Waals surface area (Å²) in [6.07, 6.45) is 6.12. The lowest BCUT2D eigenvalue weighted by molar-refractivity contribution is 0.0465. The van der Waals surface area contributed by atoms with Crippen LogP contribution in [0.2, 0.25) is 0 Å². The number of hydrogen-bond acceptors (Lipinski definition) is 3. The molecule has 0 aliphatic rings. The molecule has 0 fully saturated rings. The number of hydrogen-bond donors (Lipinski definition) is 1. The highest BCUT2D eigenvalue weighted by Crippen LogP contribution is 1.99. The molecule has 0 rings (SSSR count). The van der Waals surface area contributed by atoms with E-state index < -0.39 is 0 Å². The van der Waals surface area contributed by atoms with Crippen LogP contribution in [0.15, 0.2) is 0 Å². The lowest BCUT2D eigenvalue weighted by atomic mass is 10.2. The minimum Gasteiger partial charge on any atom is -0.379 e. The van der Waals surface area contributed by atoms with Crippen LogP contribution in [-0.4, -0.2) is 40.0 Å². The largest absolute Gasteiger partial charge is 0.379 e. The molecule has 15 heavy (non-hydrogen) atoms. The Hall–Kier alpha value is -0.120. The van der Waals surface area contributed by atoms with E-state index in [-0.39, 0.29) is 0 Å². The lowest BCUT2D eigenvalue weighted by Gasteiger charge is -2.04. The van der Waals surface area contributed by atoms with Crippen molar-refractivity contribution in [3.63, 3.8) is 0 Å². The zero-order valence-electron chi connectivity index (χ0n) is 10.4. The van der Waals surface area contributed by atoms with E-state index in [2.05, 4.69) is 12.2 Å². The molecular weight excluding hydrogens is 190 g/mol. The third kappa shape index (κ3) is 13.9. The maximum absolute atomic E-state index is 5.45. The van der Waals surface area contributed by atoms with E-state index in [0.29, 0.717) is 0 Å². The summed E-state index contributed by atoms with van der Waals surface area (Å²) >= 11 is 0. The molecule has 92 valence electrons. The van der Waals surface area contributed by atoms with Gasteiger partial charge < -0.3 is 14.8 Å². The number of ether oxygens (including phenoxy) is 2. The Morgan fingerprint density at radius 1 is 0.800 bits per heavy atom. The van der Waals surface area contributed by atoms with Crippen molar-refractivity contribution in [1.29, 1.82) is 0 Å². The molecule has 0 spiro atoms. The molecule has 0 heterocycles. The van der Waals surface area contributed by atoms with E-state index in [1.165, 1.54) is 25.7 Å². The summed E-state index contributed by atoms with van der Waals surface area (Å²) in [4.78, 5) is 0. The van der Waals surface area contributed by atoms with Gasteiger partial charge in [-0.15, -0.1) is 0 Å². The third-order valence-corrected chi connectivity index (χ3v) is 2.19. The Morgan fingerprint density at radius 3 is 2.13 bits per heavy atom. The molecule has 3 heteroatoms. The van der Waals surface area contributed by atoms with E-state index in [4.69, 9.17) is 9.47 Å². The fraction of sp³-hybridized carbons (Fsp3) is 1.00. The molecule has 0 unspecified atom stereocenters. The number of unbranched alkanes of at least 4 members (excludes halogenated alkanes) is 3. The van der Waals surface area contributed by atoms with Crippen LogP contribution >= 0.6 is 0 Å². The third-order valence-electron chi connectivity index (χ3n) is 2.19. The summed E-state index contributed by atoms with van der Waals surface area (Å²) in [7, 11) is 2.00. The van der Waals surface area contributed by atoms with Gasteiger partial charge in [0.15, 0.2) is 0 Å². The molecule has 3 nitrogen and oxygen atoms in total. The molecule has 0 saturated heterocycles. The van der Waals surface area contributed by atoms with Crippen LogP contribution in [0.4, 0.5) is 0 Å². The zero-order chi connectivity index (χ0) is 11.2. The first-order valence-corrected chi connectivity index (χ1v) is 6.22. The van der Waals surface area contributed by atoms with Crippen LogP contribution < -0.4 is 5.32 Å². The minimum atomic E-state index is 0.744. The molecule has 0 aromatic rings. The van der Waals surface area contributed by atoms with Crippen molar-refractivity contribution < 1.29 is 9.47 Å². The fourth-order valence-electron chi connectivity index (χ4n) is 1.33. The second-order valence-corrected chi connectivity index (χ2v) is 3.74. The van der Waals surface area contributed by atoms with E-state index in [0.717, 1.165) is 39.4 Å². The van der Waals surface area contributed by atoms with Gasteiger partial charge in [-0.2, -0.15) is 0 Å². The summed E-state index contributed by atoms with van der Waals surface area (Å²) in [6, 6.07) is 0. The van der Waals surface area contributed by atoms with Gasteiger partial charge in [-0.25, -0.2) is 0 Å². The fourth-order valence-corrected chi connectivity index (χ4v) is 1.33. The van der Waals surface area contributed by atoms with Crippen LogP contribution in [-0.2, 0) is 9.47 Å². The van der Waals surface area contributed by atoms with Crippen molar-refractivity contribution >= 4 is 0 Å². The van der Waals surface area contributed by atoms with Crippen LogP contribution in [0.3, 0.4) is 0 Å². The van der Waals surface area contributed by atoms with Crippen LogP contribution in [0.5, 0.6) is 0 Å². The van der Waals surface area contributed by atoms with Gasteiger partial charge in [0, 0.05) is 13.2 Å². The smallest absolute Gasteiger partial charge is 0.0700 e. The van der Waals surface area contributed by atoms with Crippen molar-refractivity contribution in [2.45, 2.75) is 39.0 Å². The molecular formula is C12H27NO2. The van der Waals surface area contributed by atoms with Gasteiger partial charge in [0.05, 0.1) is 13.2 Å². The Balaban J connectivity index is 2.81. The topological polar surface area (TPSA) is 30.5 Å². The molecule has 0 radical (unpaired) electrons. The first kappa shape index (κ1) is 14.9. The van der Waals surface area contributed by atoms with Crippen molar-refractivity contribution in [2.75, 3.05) is 40.0 Å². The van der Waals surface area contributed by atoms with Crippen LogP contribution in [0.1, 0.15) is 39.0 Å².